The Hall–Kier alpha value is -2.22. The monoisotopic (exact) mass is 246 g/mol. The van der Waals surface area contributed by atoms with Crippen LogP contribution < -0.4 is 11.1 Å². The van der Waals surface area contributed by atoms with Crippen molar-refractivity contribution in [2.75, 3.05) is 24.6 Å². The first kappa shape index (κ1) is 13.8. The van der Waals surface area contributed by atoms with Crippen LogP contribution in [0.1, 0.15) is 19.4 Å². The number of carbonyl (C=O) groups excluding carboxylic acids is 1. The molecule has 1 amide bonds. The number of hydrogen-bond acceptors (Lipinski definition) is 4. The van der Waals surface area contributed by atoms with Crippen molar-refractivity contribution in [1.82, 2.24) is 4.90 Å². The molecular weight excluding hydrogens is 228 g/mol. The molecule has 1 unspecified atom stereocenters. The number of nitrogens with zero attached hydrogens (tertiary/aromatic N) is 2. The molecule has 0 aliphatic heterocycles. The molecule has 0 heterocycles. The lowest BCUT2D eigenvalue weighted by atomic mass is 10.1. The Morgan fingerprint density at radius 2 is 2.28 bits per heavy atom. The van der Waals surface area contributed by atoms with Gasteiger partial charge in [-0.1, -0.05) is 6.07 Å². The van der Waals surface area contributed by atoms with Crippen molar-refractivity contribution in [3.8, 4) is 6.07 Å². The smallest absolute Gasteiger partial charge is 0.244 e. The maximum Gasteiger partial charge on any atom is 0.244 e. The number of nitrogens with two attached hydrogens (primary N) is 1. The molecule has 5 heteroatoms. The first-order chi connectivity index (χ1) is 8.51. The zero-order chi connectivity index (χ0) is 13.7. The van der Waals surface area contributed by atoms with Gasteiger partial charge in [0.1, 0.15) is 12.1 Å². The number of nitriles is 1. The van der Waals surface area contributed by atoms with Crippen LogP contribution in [0.5, 0.6) is 0 Å². The van der Waals surface area contributed by atoms with E-state index in [-0.39, 0.29) is 11.9 Å². The maximum atomic E-state index is 11.9. The average Bonchev–Trinajstić information content (AvgIpc) is 2.39. The molecule has 18 heavy (non-hydrogen) atoms. The summed E-state index contributed by atoms with van der Waals surface area (Å²) in [5.41, 5.74) is 7.23. The quantitative estimate of drug-likeness (QED) is 0.787. The number of amides is 1. The van der Waals surface area contributed by atoms with E-state index in [2.05, 4.69) is 5.32 Å². The normalized spacial score (nSPS) is 11.4. The van der Waals surface area contributed by atoms with Gasteiger partial charge in [-0.3, -0.25) is 4.79 Å². The third kappa shape index (κ3) is 2.92. The molecule has 0 spiro atoms. The molecule has 0 radical (unpaired) electrons. The Balaban J connectivity index is 2.86. The fourth-order valence-corrected chi connectivity index (χ4v) is 1.57. The van der Waals surface area contributed by atoms with E-state index in [0.717, 1.165) is 0 Å². The largest absolute Gasteiger partial charge is 0.396 e. The minimum Gasteiger partial charge on any atom is -0.396 e. The molecule has 0 aliphatic carbocycles. The van der Waals surface area contributed by atoms with Gasteiger partial charge in [0.15, 0.2) is 0 Å². The average molecular weight is 246 g/mol. The molecule has 0 fully saturated rings. The number of rotatable bonds is 4. The molecule has 96 valence electrons. The number of carbonyl (C=O) groups is 1. The highest BCUT2D eigenvalue weighted by molar-refractivity contribution is 5.86. The van der Waals surface area contributed by atoms with Gasteiger partial charge >= 0.3 is 0 Å². The summed E-state index contributed by atoms with van der Waals surface area (Å²) in [6.07, 6.45) is 0. The van der Waals surface area contributed by atoms with Crippen molar-refractivity contribution in [1.29, 1.82) is 5.26 Å². The molecule has 1 rings (SSSR count). The lowest BCUT2D eigenvalue weighted by Crippen LogP contribution is -2.39. The summed E-state index contributed by atoms with van der Waals surface area (Å²) >= 11 is 0. The molecule has 0 saturated heterocycles. The standard InChI is InChI=1S/C13H18N4O/c1-4-17(3)13(18)9(2)16-11-7-5-6-10(8-14)12(11)15/h5-7,9,16H,4,15H2,1-3H3. The summed E-state index contributed by atoms with van der Waals surface area (Å²) in [5, 5.41) is 11.9. The zero-order valence-corrected chi connectivity index (χ0v) is 10.9. The van der Waals surface area contributed by atoms with Crippen LogP contribution in [0.3, 0.4) is 0 Å². The highest BCUT2D eigenvalue weighted by Gasteiger charge is 2.17. The molecule has 0 bridgehead atoms. The van der Waals surface area contributed by atoms with Crippen LogP contribution in [0.25, 0.3) is 0 Å². The first-order valence-electron chi connectivity index (χ1n) is 5.81. The Labute approximate surface area is 107 Å². The summed E-state index contributed by atoms with van der Waals surface area (Å²) < 4.78 is 0. The van der Waals surface area contributed by atoms with Gasteiger partial charge in [-0.25, -0.2) is 0 Å². The molecule has 3 N–H and O–H groups in total. The van der Waals surface area contributed by atoms with E-state index in [1.807, 2.05) is 13.0 Å². The van der Waals surface area contributed by atoms with Crippen molar-refractivity contribution in [3.63, 3.8) is 0 Å². The van der Waals surface area contributed by atoms with Crippen molar-refractivity contribution < 1.29 is 4.79 Å². The predicted octanol–water partition coefficient (Wildman–Crippen LogP) is 1.42. The van der Waals surface area contributed by atoms with Crippen molar-refractivity contribution in [2.45, 2.75) is 19.9 Å². The van der Waals surface area contributed by atoms with Gasteiger partial charge in [-0.05, 0) is 26.0 Å². The van der Waals surface area contributed by atoms with Gasteiger partial charge in [0.2, 0.25) is 5.91 Å². The Kier molecular flexibility index (Phi) is 4.55. The number of hydrogen-bond donors (Lipinski definition) is 2. The fourth-order valence-electron chi connectivity index (χ4n) is 1.57. The van der Waals surface area contributed by atoms with E-state index >= 15 is 0 Å². The SMILES string of the molecule is CCN(C)C(=O)C(C)Nc1cccc(C#N)c1N. The Bertz CT molecular complexity index is 478. The maximum absolute atomic E-state index is 11.9. The van der Waals surface area contributed by atoms with Crippen LogP contribution in [-0.4, -0.2) is 30.4 Å². The van der Waals surface area contributed by atoms with E-state index < -0.39 is 0 Å². The van der Waals surface area contributed by atoms with Crippen LogP contribution >= 0.6 is 0 Å². The summed E-state index contributed by atoms with van der Waals surface area (Å²) in [6.45, 7) is 4.33. The highest BCUT2D eigenvalue weighted by atomic mass is 16.2. The van der Waals surface area contributed by atoms with Crippen molar-refractivity contribution in [3.05, 3.63) is 23.8 Å². The summed E-state index contributed by atoms with van der Waals surface area (Å²) in [4.78, 5) is 13.5. The summed E-state index contributed by atoms with van der Waals surface area (Å²) in [7, 11) is 1.75. The van der Waals surface area contributed by atoms with E-state index in [0.29, 0.717) is 23.5 Å². The topological polar surface area (TPSA) is 82.2 Å². The van der Waals surface area contributed by atoms with Crippen LogP contribution in [0.2, 0.25) is 0 Å². The summed E-state index contributed by atoms with van der Waals surface area (Å²) in [6, 6.07) is 6.76. The molecule has 5 nitrogen and oxygen atoms in total. The van der Waals surface area contributed by atoms with Crippen LogP contribution in [-0.2, 0) is 4.79 Å². The zero-order valence-electron chi connectivity index (χ0n) is 10.9. The number of nitrogens with one attached hydrogen (secondary N) is 1. The van der Waals surface area contributed by atoms with Crippen LogP contribution in [0.4, 0.5) is 11.4 Å². The van der Waals surface area contributed by atoms with Crippen molar-refractivity contribution in [2.24, 2.45) is 0 Å². The molecule has 1 aromatic rings. The van der Waals surface area contributed by atoms with Gasteiger partial charge in [-0.15, -0.1) is 0 Å². The third-order valence-electron chi connectivity index (χ3n) is 2.82. The lowest BCUT2D eigenvalue weighted by molar-refractivity contribution is -0.130. The Morgan fingerprint density at radius 3 is 2.83 bits per heavy atom. The molecule has 0 aliphatic rings. The fraction of sp³-hybridized carbons (Fsp3) is 0.385. The van der Waals surface area contributed by atoms with Crippen LogP contribution in [0.15, 0.2) is 18.2 Å². The number of para-hydroxylation sites is 1. The van der Waals surface area contributed by atoms with E-state index in [1.165, 1.54) is 0 Å². The number of benzene rings is 1. The van der Waals surface area contributed by atoms with E-state index in [9.17, 15) is 4.79 Å². The second-order valence-electron chi connectivity index (χ2n) is 4.10. The first-order valence-corrected chi connectivity index (χ1v) is 5.81. The molecular formula is C13H18N4O. The van der Waals surface area contributed by atoms with E-state index in [4.69, 9.17) is 11.0 Å². The molecule has 0 aromatic heterocycles. The lowest BCUT2D eigenvalue weighted by Gasteiger charge is -2.22. The van der Waals surface area contributed by atoms with Gasteiger partial charge in [0, 0.05) is 13.6 Å². The van der Waals surface area contributed by atoms with Gasteiger partial charge in [-0.2, -0.15) is 5.26 Å². The minimum atomic E-state index is -0.383. The van der Waals surface area contributed by atoms with Gasteiger partial charge in [0.25, 0.3) is 0 Å². The summed E-state index contributed by atoms with van der Waals surface area (Å²) in [5.74, 6) is -0.0146. The minimum absolute atomic E-state index is 0.0146. The Morgan fingerprint density at radius 1 is 1.61 bits per heavy atom. The van der Waals surface area contributed by atoms with Crippen LogP contribution in [0, 0.1) is 11.3 Å². The van der Waals surface area contributed by atoms with Gasteiger partial charge < -0.3 is 16.0 Å². The molecule has 0 saturated carbocycles. The van der Waals surface area contributed by atoms with Crippen molar-refractivity contribution >= 4 is 17.3 Å². The predicted molar refractivity (Wildman–Crippen MR) is 72.0 cm³/mol. The molecule has 1 atom stereocenters. The molecule has 1 aromatic carbocycles. The van der Waals surface area contributed by atoms with Gasteiger partial charge in [0.05, 0.1) is 16.9 Å². The second-order valence-corrected chi connectivity index (χ2v) is 4.10. The number of likely N-dealkylation sites (N-methyl/N-ethyl adjacent to an activating group) is 1. The van der Waals surface area contributed by atoms with E-state index in [1.54, 1.807) is 37.1 Å². The third-order valence-corrected chi connectivity index (χ3v) is 2.82. The highest BCUT2D eigenvalue weighted by Crippen LogP contribution is 2.22. The second kappa shape index (κ2) is 5.92. The number of anilines is 2. The number of nitrogen functional groups attached to an aromatic ring is 1.